The van der Waals surface area contributed by atoms with Crippen molar-refractivity contribution in [1.82, 2.24) is 4.98 Å². The molecule has 112 valence electrons. The van der Waals surface area contributed by atoms with Crippen molar-refractivity contribution in [2.45, 2.75) is 26.2 Å². The van der Waals surface area contributed by atoms with Gasteiger partial charge in [0.15, 0.2) is 0 Å². The SMILES string of the molecule is CC(C)(C)c1ccccc1N1C=CC(c2ccncc2)=CC1. The van der Waals surface area contributed by atoms with Crippen molar-refractivity contribution in [1.29, 1.82) is 0 Å². The van der Waals surface area contributed by atoms with E-state index >= 15 is 0 Å². The number of hydrogen-bond donors (Lipinski definition) is 0. The van der Waals surface area contributed by atoms with Gasteiger partial charge in [-0.1, -0.05) is 45.0 Å². The number of anilines is 1. The lowest BCUT2D eigenvalue weighted by molar-refractivity contribution is 0.590. The normalized spacial score (nSPS) is 14.9. The number of rotatable bonds is 2. The summed E-state index contributed by atoms with van der Waals surface area (Å²) in [6.45, 7) is 7.68. The molecule has 0 saturated carbocycles. The molecule has 0 unspecified atom stereocenters. The summed E-state index contributed by atoms with van der Waals surface area (Å²) in [6, 6.07) is 12.8. The summed E-state index contributed by atoms with van der Waals surface area (Å²) in [5.74, 6) is 0. The van der Waals surface area contributed by atoms with E-state index in [1.165, 1.54) is 22.4 Å². The molecular formula is C20H22N2. The van der Waals surface area contributed by atoms with Crippen LogP contribution in [0.3, 0.4) is 0 Å². The van der Waals surface area contributed by atoms with E-state index in [1.807, 2.05) is 12.4 Å². The largest absolute Gasteiger partial charge is 0.344 e. The van der Waals surface area contributed by atoms with Crippen LogP contribution in [-0.2, 0) is 5.41 Å². The summed E-state index contributed by atoms with van der Waals surface area (Å²) in [7, 11) is 0. The first-order valence-electron chi connectivity index (χ1n) is 7.70. The van der Waals surface area contributed by atoms with Crippen LogP contribution in [0, 0.1) is 0 Å². The first-order chi connectivity index (χ1) is 10.6. The predicted molar refractivity (Wildman–Crippen MR) is 93.8 cm³/mol. The highest BCUT2D eigenvalue weighted by Crippen LogP contribution is 2.33. The molecule has 1 aromatic carbocycles. The molecule has 1 aliphatic rings. The van der Waals surface area contributed by atoms with Gasteiger partial charge in [-0.2, -0.15) is 0 Å². The van der Waals surface area contributed by atoms with Gasteiger partial charge in [0.1, 0.15) is 0 Å². The van der Waals surface area contributed by atoms with Crippen LogP contribution in [0.15, 0.2) is 67.1 Å². The van der Waals surface area contributed by atoms with Crippen LogP contribution >= 0.6 is 0 Å². The van der Waals surface area contributed by atoms with Crippen molar-refractivity contribution in [3.8, 4) is 0 Å². The quantitative estimate of drug-likeness (QED) is 0.790. The molecule has 0 fully saturated rings. The smallest absolute Gasteiger partial charge is 0.0446 e. The molecule has 2 nitrogen and oxygen atoms in total. The maximum Gasteiger partial charge on any atom is 0.0446 e. The van der Waals surface area contributed by atoms with Gasteiger partial charge < -0.3 is 4.90 Å². The van der Waals surface area contributed by atoms with Crippen LogP contribution in [0.1, 0.15) is 31.9 Å². The molecule has 22 heavy (non-hydrogen) atoms. The molecule has 0 atom stereocenters. The van der Waals surface area contributed by atoms with E-state index in [1.54, 1.807) is 0 Å². The number of benzene rings is 1. The lowest BCUT2D eigenvalue weighted by Gasteiger charge is -2.30. The fraction of sp³-hybridized carbons (Fsp3) is 0.250. The monoisotopic (exact) mass is 290 g/mol. The average Bonchev–Trinajstić information content (AvgIpc) is 2.55. The van der Waals surface area contributed by atoms with Crippen molar-refractivity contribution in [2.75, 3.05) is 11.4 Å². The van der Waals surface area contributed by atoms with Crippen molar-refractivity contribution in [3.05, 3.63) is 78.3 Å². The van der Waals surface area contributed by atoms with E-state index in [0.29, 0.717) is 0 Å². The van der Waals surface area contributed by atoms with Gasteiger partial charge in [-0.05, 0) is 46.4 Å². The van der Waals surface area contributed by atoms with Crippen LogP contribution < -0.4 is 4.90 Å². The van der Waals surface area contributed by atoms with Crippen LogP contribution in [0.25, 0.3) is 5.57 Å². The van der Waals surface area contributed by atoms with Crippen molar-refractivity contribution >= 4 is 11.3 Å². The Labute approximate surface area is 132 Å². The maximum absolute atomic E-state index is 4.08. The fourth-order valence-electron chi connectivity index (χ4n) is 2.79. The second kappa shape index (κ2) is 5.80. The zero-order valence-electron chi connectivity index (χ0n) is 13.5. The van der Waals surface area contributed by atoms with Gasteiger partial charge in [-0.3, -0.25) is 4.98 Å². The maximum atomic E-state index is 4.08. The van der Waals surface area contributed by atoms with Gasteiger partial charge in [0.05, 0.1) is 0 Å². The molecule has 0 spiro atoms. The van der Waals surface area contributed by atoms with E-state index in [-0.39, 0.29) is 5.41 Å². The van der Waals surface area contributed by atoms with Gasteiger partial charge >= 0.3 is 0 Å². The Morgan fingerprint density at radius 1 is 1.00 bits per heavy atom. The molecule has 0 aliphatic carbocycles. The first-order valence-corrected chi connectivity index (χ1v) is 7.70. The second-order valence-electron chi connectivity index (χ2n) is 6.63. The van der Waals surface area contributed by atoms with Crippen LogP contribution in [0.2, 0.25) is 0 Å². The van der Waals surface area contributed by atoms with Crippen LogP contribution in [0.4, 0.5) is 5.69 Å². The van der Waals surface area contributed by atoms with Gasteiger partial charge in [0, 0.05) is 30.8 Å². The van der Waals surface area contributed by atoms with E-state index in [4.69, 9.17) is 0 Å². The molecule has 0 N–H and O–H groups in total. The summed E-state index contributed by atoms with van der Waals surface area (Å²) in [6.07, 6.45) is 10.3. The number of nitrogens with zero attached hydrogens (tertiary/aromatic N) is 2. The highest BCUT2D eigenvalue weighted by Gasteiger charge is 2.20. The van der Waals surface area contributed by atoms with Gasteiger partial charge in [-0.15, -0.1) is 0 Å². The molecule has 0 bridgehead atoms. The lowest BCUT2D eigenvalue weighted by atomic mass is 9.85. The summed E-state index contributed by atoms with van der Waals surface area (Å²) in [5.41, 5.74) is 5.28. The van der Waals surface area contributed by atoms with E-state index < -0.39 is 0 Å². The van der Waals surface area contributed by atoms with Gasteiger partial charge in [0.2, 0.25) is 0 Å². The van der Waals surface area contributed by atoms with E-state index in [9.17, 15) is 0 Å². The minimum atomic E-state index is 0.138. The number of aromatic nitrogens is 1. The summed E-state index contributed by atoms with van der Waals surface area (Å²) >= 11 is 0. The third-order valence-corrected chi connectivity index (χ3v) is 3.98. The third kappa shape index (κ3) is 2.96. The Morgan fingerprint density at radius 2 is 1.73 bits per heavy atom. The molecule has 0 radical (unpaired) electrons. The number of hydrogen-bond acceptors (Lipinski definition) is 2. The predicted octanol–water partition coefficient (Wildman–Crippen LogP) is 4.80. The molecule has 1 aliphatic heterocycles. The lowest BCUT2D eigenvalue weighted by Crippen LogP contribution is -2.23. The van der Waals surface area contributed by atoms with Crippen LogP contribution in [-0.4, -0.2) is 11.5 Å². The number of para-hydroxylation sites is 1. The summed E-state index contributed by atoms with van der Waals surface area (Å²) in [5, 5.41) is 0. The van der Waals surface area contributed by atoms with Gasteiger partial charge in [0.25, 0.3) is 0 Å². The standard InChI is InChI=1S/C20H22N2/c1-20(2,3)18-6-4-5-7-19(18)22-14-10-17(11-15-22)16-8-12-21-13-9-16/h4-14H,15H2,1-3H3. The first kappa shape index (κ1) is 14.6. The van der Waals surface area contributed by atoms with E-state index in [0.717, 1.165) is 6.54 Å². The summed E-state index contributed by atoms with van der Waals surface area (Å²) < 4.78 is 0. The van der Waals surface area contributed by atoms with E-state index in [2.05, 4.69) is 85.4 Å². The Morgan fingerprint density at radius 3 is 2.36 bits per heavy atom. The van der Waals surface area contributed by atoms with Crippen molar-refractivity contribution in [2.24, 2.45) is 0 Å². The molecule has 0 saturated heterocycles. The molecule has 2 heteroatoms. The average molecular weight is 290 g/mol. The number of pyridine rings is 1. The minimum Gasteiger partial charge on any atom is -0.344 e. The zero-order valence-corrected chi connectivity index (χ0v) is 13.5. The van der Waals surface area contributed by atoms with Crippen molar-refractivity contribution < 1.29 is 0 Å². The fourth-order valence-corrected chi connectivity index (χ4v) is 2.79. The topological polar surface area (TPSA) is 16.1 Å². The molecular weight excluding hydrogens is 268 g/mol. The molecule has 2 aromatic rings. The Balaban J connectivity index is 1.87. The van der Waals surface area contributed by atoms with Crippen LogP contribution in [0.5, 0.6) is 0 Å². The molecule has 2 heterocycles. The minimum absolute atomic E-state index is 0.138. The van der Waals surface area contributed by atoms with Gasteiger partial charge in [-0.25, -0.2) is 0 Å². The van der Waals surface area contributed by atoms with Crippen molar-refractivity contribution in [3.63, 3.8) is 0 Å². The Kier molecular flexibility index (Phi) is 3.84. The zero-order chi connectivity index (χ0) is 15.6. The highest BCUT2D eigenvalue weighted by molar-refractivity contribution is 5.77. The Hall–Kier alpha value is -2.35. The molecule has 1 aromatic heterocycles. The summed E-state index contributed by atoms with van der Waals surface area (Å²) in [4.78, 5) is 6.39. The number of allylic oxidation sites excluding steroid dienone is 2. The second-order valence-corrected chi connectivity index (χ2v) is 6.63. The molecule has 0 amide bonds. The molecule has 3 rings (SSSR count). The third-order valence-electron chi connectivity index (χ3n) is 3.98. The highest BCUT2D eigenvalue weighted by atomic mass is 15.1. The Bertz CT molecular complexity index is 706.